The molecule has 1 amide bonds. The first-order valence-electron chi connectivity index (χ1n) is 8.33. The monoisotopic (exact) mass is 415 g/mol. The summed E-state index contributed by atoms with van der Waals surface area (Å²) >= 11 is 7.08. The Hall–Kier alpha value is -2.84. The van der Waals surface area contributed by atoms with Crippen LogP contribution < -0.4 is 10.1 Å². The Morgan fingerprint density at radius 3 is 2.93 bits per heavy atom. The van der Waals surface area contributed by atoms with Crippen LogP contribution in [0.25, 0.3) is 11.4 Å². The highest BCUT2D eigenvalue weighted by Crippen LogP contribution is 2.26. The predicted molar refractivity (Wildman–Crippen MR) is 111 cm³/mol. The molecule has 1 N–H and O–H groups in total. The molecule has 0 fully saturated rings. The van der Waals surface area contributed by atoms with Crippen molar-refractivity contribution >= 4 is 35.1 Å². The number of ether oxygens (including phenoxy) is 1. The van der Waals surface area contributed by atoms with E-state index in [0.717, 1.165) is 11.3 Å². The summed E-state index contributed by atoms with van der Waals surface area (Å²) in [5.41, 5.74) is 0.871. The molecule has 3 aromatic rings. The molecule has 9 heteroatoms. The summed E-state index contributed by atoms with van der Waals surface area (Å²) in [6.45, 7) is 4.31. The first-order valence-corrected chi connectivity index (χ1v) is 9.70. The zero-order valence-electron chi connectivity index (χ0n) is 15.1. The number of pyridine rings is 1. The fourth-order valence-electron chi connectivity index (χ4n) is 2.42. The van der Waals surface area contributed by atoms with E-state index in [1.807, 2.05) is 28.8 Å². The van der Waals surface area contributed by atoms with E-state index < -0.39 is 0 Å². The molecule has 28 heavy (non-hydrogen) atoms. The van der Waals surface area contributed by atoms with Gasteiger partial charge in [-0.3, -0.25) is 9.36 Å². The normalized spacial score (nSPS) is 10.5. The Balaban J connectivity index is 1.73. The molecular formula is C19H18ClN5O2S. The van der Waals surface area contributed by atoms with E-state index in [9.17, 15) is 4.79 Å². The van der Waals surface area contributed by atoms with Gasteiger partial charge in [-0.25, -0.2) is 4.98 Å². The summed E-state index contributed by atoms with van der Waals surface area (Å²) in [6, 6.07) is 10.9. The summed E-state index contributed by atoms with van der Waals surface area (Å²) in [6.07, 6.45) is 3.24. The van der Waals surface area contributed by atoms with E-state index in [1.54, 1.807) is 25.3 Å². The number of thioether (sulfide) groups is 1. The number of hydrogen-bond donors (Lipinski definition) is 1. The molecule has 0 aliphatic carbocycles. The number of hydrogen-bond acceptors (Lipinski definition) is 6. The van der Waals surface area contributed by atoms with E-state index in [2.05, 4.69) is 27.1 Å². The molecular weight excluding hydrogens is 398 g/mol. The second kappa shape index (κ2) is 9.38. The van der Waals surface area contributed by atoms with Gasteiger partial charge >= 0.3 is 0 Å². The van der Waals surface area contributed by atoms with Crippen LogP contribution in [0.15, 0.2) is 60.4 Å². The number of carbonyl (C=O) groups is 1. The number of amides is 1. The zero-order valence-corrected chi connectivity index (χ0v) is 16.7. The number of allylic oxidation sites excluding steroid dienone is 1. The highest BCUT2D eigenvalue weighted by molar-refractivity contribution is 7.99. The van der Waals surface area contributed by atoms with E-state index in [1.165, 1.54) is 18.0 Å². The molecule has 0 unspecified atom stereocenters. The number of rotatable bonds is 8. The Morgan fingerprint density at radius 2 is 2.21 bits per heavy atom. The molecule has 2 heterocycles. The van der Waals surface area contributed by atoms with Gasteiger partial charge in [0.05, 0.1) is 17.9 Å². The quantitative estimate of drug-likeness (QED) is 0.443. The second-order valence-corrected chi connectivity index (χ2v) is 7.01. The van der Waals surface area contributed by atoms with Gasteiger partial charge in [0.2, 0.25) is 5.91 Å². The molecule has 0 aliphatic heterocycles. The lowest BCUT2D eigenvalue weighted by Gasteiger charge is -2.09. The largest absolute Gasteiger partial charge is 0.497 e. The topological polar surface area (TPSA) is 81.9 Å². The number of carbonyl (C=O) groups excluding carboxylic acids is 1. The summed E-state index contributed by atoms with van der Waals surface area (Å²) < 4.78 is 7.18. The molecule has 0 aliphatic rings. The molecule has 2 aromatic heterocycles. The molecule has 0 radical (unpaired) electrons. The maximum absolute atomic E-state index is 12.2. The Labute approximate surface area is 171 Å². The van der Waals surface area contributed by atoms with Crippen molar-refractivity contribution in [1.82, 2.24) is 19.7 Å². The van der Waals surface area contributed by atoms with Gasteiger partial charge in [0, 0.05) is 18.3 Å². The lowest BCUT2D eigenvalue weighted by Crippen LogP contribution is -2.15. The number of aromatic nitrogens is 4. The molecule has 0 atom stereocenters. The van der Waals surface area contributed by atoms with Crippen molar-refractivity contribution in [2.24, 2.45) is 0 Å². The van der Waals surface area contributed by atoms with Crippen LogP contribution in [0.5, 0.6) is 5.75 Å². The number of methoxy groups -OCH3 is 1. The number of nitrogens with zero attached hydrogens (tertiary/aromatic N) is 4. The first kappa shape index (κ1) is 19.9. The van der Waals surface area contributed by atoms with Crippen LogP contribution in [0, 0.1) is 0 Å². The molecule has 0 bridgehead atoms. The third-order valence-corrected chi connectivity index (χ3v) is 4.87. The van der Waals surface area contributed by atoms with Gasteiger partial charge in [-0.2, -0.15) is 0 Å². The van der Waals surface area contributed by atoms with Crippen LogP contribution >= 0.6 is 23.4 Å². The van der Waals surface area contributed by atoms with Gasteiger partial charge in [-0.15, -0.1) is 16.8 Å². The van der Waals surface area contributed by atoms with Crippen molar-refractivity contribution in [2.75, 3.05) is 18.2 Å². The SMILES string of the molecule is C=CCn1c(SCC(=O)Nc2ccc(Cl)cn2)nnc1-c1cccc(OC)c1. The highest BCUT2D eigenvalue weighted by Gasteiger charge is 2.15. The fourth-order valence-corrected chi connectivity index (χ4v) is 3.28. The van der Waals surface area contributed by atoms with Crippen LogP contribution in [0.2, 0.25) is 5.02 Å². The maximum Gasteiger partial charge on any atom is 0.236 e. The summed E-state index contributed by atoms with van der Waals surface area (Å²) in [4.78, 5) is 16.2. The van der Waals surface area contributed by atoms with Gasteiger partial charge in [-0.05, 0) is 24.3 Å². The molecule has 0 saturated heterocycles. The molecule has 7 nitrogen and oxygen atoms in total. The number of benzene rings is 1. The smallest absolute Gasteiger partial charge is 0.236 e. The van der Waals surface area contributed by atoms with Gasteiger partial charge in [0.25, 0.3) is 0 Å². The van der Waals surface area contributed by atoms with E-state index in [0.29, 0.717) is 28.4 Å². The van der Waals surface area contributed by atoms with E-state index in [-0.39, 0.29) is 11.7 Å². The maximum atomic E-state index is 12.2. The van der Waals surface area contributed by atoms with Crippen molar-refractivity contribution in [3.05, 3.63) is 60.3 Å². The predicted octanol–water partition coefficient (Wildman–Crippen LogP) is 3.92. The van der Waals surface area contributed by atoms with Crippen molar-refractivity contribution in [3.8, 4) is 17.1 Å². The van der Waals surface area contributed by atoms with Crippen molar-refractivity contribution in [3.63, 3.8) is 0 Å². The summed E-state index contributed by atoms with van der Waals surface area (Å²) in [5, 5.41) is 12.4. The Morgan fingerprint density at radius 1 is 1.36 bits per heavy atom. The standard InChI is InChI=1S/C19H18ClN5O2S/c1-3-9-25-18(13-5-4-6-15(10-13)27-2)23-24-19(25)28-12-17(26)22-16-8-7-14(20)11-21-16/h3-8,10-11H,1,9,12H2,2H3,(H,21,22,26). The zero-order chi connectivity index (χ0) is 19.9. The van der Waals surface area contributed by atoms with Crippen LogP contribution in [0.4, 0.5) is 5.82 Å². The second-order valence-electron chi connectivity index (χ2n) is 5.64. The van der Waals surface area contributed by atoms with E-state index >= 15 is 0 Å². The molecule has 144 valence electrons. The number of anilines is 1. The molecule has 0 spiro atoms. The summed E-state index contributed by atoms with van der Waals surface area (Å²) in [5.74, 6) is 1.82. The van der Waals surface area contributed by atoms with Crippen molar-refractivity contribution in [2.45, 2.75) is 11.7 Å². The highest BCUT2D eigenvalue weighted by atomic mass is 35.5. The minimum atomic E-state index is -0.198. The van der Waals surface area contributed by atoms with Crippen LogP contribution in [0.1, 0.15) is 0 Å². The van der Waals surface area contributed by atoms with E-state index in [4.69, 9.17) is 16.3 Å². The third-order valence-electron chi connectivity index (χ3n) is 3.68. The molecule has 0 saturated carbocycles. The fraction of sp³-hybridized carbons (Fsp3) is 0.158. The lowest BCUT2D eigenvalue weighted by atomic mass is 10.2. The van der Waals surface area contributed by atoms with Crippen LogP contribution in [0.3, 0.4) is 0 Å². The third kappa shape index (κ3) is 4.90. The van der Waals surface area contributed by atoms with Gasteiger partial charge < -0.3 is 10.1 Å². The average Bonchev–Trinajstić information content (AvgIpc) is 3.11. The first-order chi connectivity index (χ1) is 13.6. The number of nitrogens with one attached hydrogen (secondary N) is 1. The Bertz CT molecular complexity index is 975. The minimum Gasteiger partial charge on any atom is -0.497 e. The van der Waals surface area contributed by atoms with Crippen LogP contribution in [-0.4, -0.2) is 38.5 Å². The average molecular weight is 416 g/mol. The van der Waals surface area contributed by atoms with Crippen molar-refractivity contribution < 1.29 is 9.53 Å². The number of halogens is 1. The minimum absolute atomic E-state index is 0.164. The van der Waals surface area contributed by atoms with Gasteiger partial charge in [0.1, 0.15) is 11.6 Å². The molecule has 3 rings (SSSR count). The van der Waals surface area contributed by atoms with Gasteiger partial charge in [-0.1, -0.05) is 41.6 Å². The summed E-state index contributed by atoms with van der Waals surface area (Å²) in [7, 11) is 1.61. The van der Waals surface area contributed by atoms with Gasteiger partial charge in [0.15, 0.2) is 11.0 Å². The van der Waals surface area contributed by atoms with Crippen molar-refractivity contribution in [1.29, 1.82) is 0 Å². The lowest BCUT2D eigenvalue weighted by molar-refractivity contribution is -0.113. The Kier molecular flexibility index (Phi) is 6.67. The molecule has 1 aromatic carbocycles. The van der Waals surface area contributed by atoms with Crippen LogP contribution in [-0.2, 0) is 11.3 Å².